The zero-order valence-electron chi connectivity index (χ0n) is 35.1. The normalized spacial score (nSPS) is 11.4. The summed E-state index contributed by atoms with van der Waals surface area (Å²) in [6.45, 7) is 23.4. The second-order valence-electron chi connectivity index (χ2n) is 16.5. The molecule has 0 spiro atoms. The minimum atomic E-state index is -0.594. The summed E-state index contributed by atoms with van der Waals surface area (Å²) in [7, 11) is 3.27. The van der Waals surface area contributed by atoms with Crippen molar-refractivity contribution in [3.05, 3.63) is 68.6 Å². The van der Waals surface area contributed by atoms with E-state index in [1.807, 2.05) is 77.9 Å². The van der Waals surface area contributed by atoms with Crippen LogP contribution in [0.5, 0.6) is 0 Å². The molecule has 0 heterocycles. The SMILES string of the molecule is BrCc1cccc(Br)c1.CN(CCN(Cc1cccc(Br)c1)C(=O)OC(C)(C)C)C(=O)OC(C)(C)C.CN(CCNC(=O)OC(C)(C)C)C(=O)OC(C)(C)C. The number of nitrogens with one attached hydrogen (secondary N) is 1. The van der Waals surface area contributed by atoms with Gasteiger partial charge in [-0.15, -0.1) is 0 Å². The van der Waals surface area contributed by atoms with Gasteiger partial charge in [-0.05, 0) is 118 Å². The van der Waals surface area contributed by atoms with Gasteiger partial charge in [0.05, 0.1) is 0 Å². The number of halogens is 3. The van der Waals surface area contributed by atoms with Gasteiger partial charge in [0, 0.05) is 61.1 Å². The Morgan fingerprint density at radius 3 is 1.38 bits per heavy atom. The van der Waals surface area contributed by atoms with Crippen LogP contribution < -0.4 is 5.32 Å². The van der Waals surface area contributed by atoms with E-state index in [2.05, 4.69) is 65.2 Å². The molecule has 4 amide bonds. The first-order valence-corrected chi connectivity index (χ1v) is 20.6. The van der Waals surface area contributed by atoms with Crippen LogP contribution in [0, 0.1) is 0 Å². The highest BCUT2D eigenvalue weighted by Crippen LogP contribution is 2.17. The minimum absolute atomic E-state index is 0.310. The maximum absolute atomic E-state index is 12.6. The van der Waals surface area contributed by atoms with E-state index in [1.165, 1.54) is 15.4 Å². The van der Waals surface area contributed by atoms with Crippen LogP contribution in [-0.4, -0.2) is 102 Å². The number of benzene rings is 2. The summed E-state index contributed by atoms with van der Waals surface area (Å²) in [4.78, 5) is 52.2. The molecular weight excluding hydrogens is 904 g/mol. The fourth-order valence-electron chi connectivity index (χ4n) is 3.81. The Morgan fingerprint density at radius 2 is 0.982 bits per heavy atom. The summed E-state index contributed by atoms with van der Waals surface area (Å²) in [5, 5.41) is 3.50. The van der Waals surface area contributed by atoms with E-state index in [0.29, 0.717) is 32.7 Å². The fourth-order valence-corrected chi connectivity index (χ4v) is 5.05. The molecule has 2 rings (SSSR count). The second-order valence-corrected chi connectivity index (χ2v) is 18.9. The van der Waals surface area contributed by atoms with Gasteiger partial charge in [-0.3, -0.25) is 0 Å². The number of carbonyl (C=O) groups excluding carboxylic acids is 4. The quantitative estimate of drug-likeness (QED) is 0.194. The van der Waals surface area contributed by atoms with E-state index in [4.69, 9.17) is 18.9 Å². The van der Waals surface area contributed by atoms with Crippen LogP contribution >= 0.6 is 47.8 Å². The first-order chi connectivity index (χ1) is 25.0. The van der Waals surface area contributed by atoms with Gasteiger partial charge in [0.25, 0.3) is 0 Å². The van der Waals surface area contributed by atoms with Crippen LogP contribution in [-0.2, 0) is 30.8 Å². The molecule has 15 heteroatoms. The summed E-state index contributed by atoms with van der Waals surface area (Å²) in [6.07, 6.45) is -1.75. The summed E-state index contributed by atoms with van der Waals surface area (Å²) >= 11 is 10.2. The average Bonchev–Trinajstić information content (AvgIpc) is 3.00. The molecule has 0 radical (unpaired) electrons. The Hall–Kier alpha value is -3.04. The van der Waals surface area contributed by atoms with E-state index in [-0.39, 0.29) is 0 Å². The lowest BCUT2D eigenvalue weighted by atomic mass is 10.2. The Balaban J connectivity index is 0.000000896. The third-order valence-corrected chi connectivity index (χ3v) is 7.82. The zero-order chi connectivity index (χ0) is 42.8. The van der Waals surface area contributed by atoms with Crippen molar-refractivity contribution < 1.29 is 38.1 Å². The predicted octanol–water partition coefficient (Wildman–Crippen LogP) is 10.8. The number of hydrogen-bond donors (Lipinski definition) is 1. The molecule has 1 N–H and O–H groups in total. The van der Waals surface area contributed by atoms with Crippen molar-refractivity contribution in [2.45, 2.75) is 117 Å². The monoisotopic (exact) mass is 964 g/mol. The van der Waals surface area contributed by atoms with Crippen LogP contribution in [0.4, 0.5) is 19.2 Å². The number of ether oxygens (including phenoxy) is 4. The van der Waals surface area contributed by atoms with E-state index < -0.39 is 46.8 Å². The number of likely N-dealkylation sites (N-methyl/N-ethyl adjacent to an activating group) is 2. The van der Waals surface area contributed by atoms with E-state index in [0.717, 1.165) is 19.8 Å². The third-order valence-electron chi connectivity index (χ3n) is 6.19. The largest absolute Gasteiger partial charge is 0.444 e. The summed E-state index contributed by atoms with van der Waals surface area (Å²) in [6, 6.07) is 16.0. The lowest BCUT2D eigenvalue weighted by Gasteiger charge is -2.30. The van der Waals surface area contributed by atoms with Gasteiger partial charge in [0.15, 0.2) is 0 Å². The highest BCUT2D eigenvalue weighted by Gasteiger charge is 2.25. The van der Waals surface area contributed by atoms with Gasteiger partial charge < -0.3 is 39.0 Å². The molecule has 0 atom stereocenters. The topological polar surface area (TPSA) is 127 Å². The predicted molar refractivity (Wildman–Crippen MR) is 230 cm³/mol. The molecular formula is C40H63Br3N4O8. The molecule has 0 bridgehead atoms. The van der Waals surface area contributed by atoms with Gasteiger partial charge in [0.1, 0.15) is 22.4 Å². The van der Waals surface area contributed by atoms with Gasteiger partial charge in [0.2, 0.25) is 0 Å². The fraction of sp³-hybridized carbons (Fsp3) is 0.600. The van der Waals surface area contributed by atoms with Gasteiger partial charge >= 0.3 is 24.4 Å². The number of hydrogen-bond acceptors (Lipinski definition) is 8. The molecule has 312 valence electrons. The van der Waals surface area contributed by atoms with Crippen LogP contribution in [0.25, 0.3) is 0 Å². The lowest BCUT2D eigenvalue weighted by Crippen LogP contribution is -2.42. The molecule has 2 aromatic rings. The Morgan fingerprint density at radius 1 is 0.582 bits per heavy atom. The van der Waals surface area contributed by atoms with Crippen LogP contribution in [0.15, 0.2) is 57.5 Å². The molecule has 12 nitrogen and oxygen atoms in total. The average molecular weight is 968 g/mol. The number of amides is 4. The van der Waals surface area contributed by atoms with Crippen LogP contribution in [0.1, 0.15) is 94.2 Å². The van der Waals surface area contributed by atoms with Crippen molar-refractivity contribution >= 4 is 72.2 Å². The number of rotatable bonds is 9. The molecule has 0 aliphatic carbocycles. The Bertz CT molecular complexity index is 1500. The van der Waals surface area contributed by atoms with Gasteiger partial charge in [-0.2, -0.15) is 0 Å². The Labute approximate surface area is 354 Å². The molecule has 0 saturated heterocycles. The molecule has 55 heavy (non-hydrogen) atoms. The maximum atomic E-state index is 12.6. The number of alkyl carbamates (subject to hydrolysis) is 1. The molecule has 0 fully saturated rings. The number of nitrogens with zero attached hydrogens (tertiary/aromatic N) is 3. The van der Waals surface area contributed by atoms with Crippen molar-refractivity contribution in [1.82, 2.24) is 20.0 Å². The highest BCUT2D eigenvalue weighted by atomic mass is 79.9. The first-order valence-electron chi connectivity index (χ1n) is 17.9. The molecule has 0 aliphatic rings. The molecule has 0 unspecified atom stereocenters. The van der Waals surface area contributed by atoms with Crippen molar-refractivity contribution in [3.8, 4) is 0 Å². The Kier molecular flexibility index (Phi) is 22.6. The summed E-state index contributed by atoms with van der Waals surface area (Å²) in [5.41, 5.74) is 0.0564. The van der Waals surface area contributed by atoms with Gasteiger partial charge in [-0.25, -0.2) is 19.2 Å². The third kappa shape index (κ3) is 28.1. The molecule has 0 saturated carbocycles. The van der Waals surface area contributed by atoms with Crippen molar-refractivity contribution in [2.24, 2.45) is 0 Å². The standard InChI is InChI=1S/C20H31BrN2O4.C13H26N2O4.C7H6Br2/c1-19(2,3)26-17(24)22(7)11-12-23(18(25)27-20(4,5)6)14-15-9-8-10-16(21)13-15;1-12(2,3)18-10(16)14-8-9-15(7)11(17)19-13(4,5)6;8-5-6-2-1-3-7(9)4-6/h8-10,13H,11-12,14H2,1-7H3;8-9H2,1-7H3,(H,14,16);1-4H,5H2. The number of alkyl halides is 1. The van der Waals surface area contributed by atoms with Crippen LogP contribution in [0.2, 0.25) is 0 Å². The number of carbonyl (C=O) groups is 4. The van der Waals surface area contributed by atoms with E-state index in [1.54, 1.807) is 60.5 Å². The molecule has 0 aliphatic heterocycles. The van der Waals surface area contributed by atoms with Crippen molar-refractivity contribution in [1.29, 1.82) is 0 Å². The van der Waals surface area contributed by atoms with E-state index >= 15 is 0 Å². The van der Waals surface area contributed by atoms with Crippen LogP contribution in [0.3, 0.4) is 0 Å². The first kappa shape index (κ1) is 52.0. The lowest BCUT2D eigenvalue weighted by molar-refractivity contribution is 0.0152. The second kappa shape index (κ2) is 23.9. The highest BCUT2D eigenvalue weighted by molar-refractivity contribution is 9.10. The smallest absolute Gasteiger partial charge is 0.410 e. The minimum Gasteiger partial charge on any atom is -0.444 e. The van der Waals surface area contributed by atoms with E-state index in [9.17, 15) is 19.2 Å². The zero-order valence-corrected chi connectivity index (χ0v) is 39.9. The summed E-state index contributed by atoms with van der Waals surface area (Å²) < 4.78 is 23.2. The van der Waals surface area contributed by atoms with Gasteiger partial charge in [-0.1, -0.05) is 72.1 Å². The van der Waals surface area contributed by atoms with Crippen molar-refractivity contribution in [3.63, 3.8) is 0 Å². The van der Waals surface area contributed by atoms with Crippen molar-refractivity contribution in [2.75, 3.05) is 40.3 Å². The molecule has 0 aromatic heterocycles. The maximum Gasteiger partial charge on any atom is 0.410 e. The summed E-state index contributed by atoms with van der Waals surface area (Å²) in [5.74, 6) is 0. The molecule has 2 aromatic carbocycles.